The fourth-order valence-corrected chi connectivity index (χ4v) is 1.26. The standard InChI is InChI=1S/C8H16O5S.K/c1-3-7(2)13-8(9)5-4-6-14(10,11)12;/h7H,3-6H2,1-2H3,(H,10,11,12);/q;+1/p-1. The fourth-order valence-electron chi connectivity index (χ4n) is 0.760. The summed E-state index contributed by atoms with van der Waals surface area (Å²) in [4.78, 5) is 11.0. The van der Waals surface area contributed by atoms with Crippen LogP contribution in [0.2, 0.25) is 0 Å². The van der Waals surface area contributed by atoms with E-state index in [2.05, 4.69) is 0 Å². The van der Waals surface area contributed by atoms with E-state index in [0.717, 1.165) is 0 Å². The third-order valence-electron chi connectivity index (χ3n) is 1.68. The summed E-state index contributed by atoms with van der Waals surface area (Å²) < 4.78 is 35.4. The van der Waals surface area contributed by atoms with Gasteiger partial charge in [-0.3, -0.25) is 4.79 Å². The van der Waals surface area contributed by atoms with Crippen LogP contribution in [0.25, 0.3) is 0 Å². The van der Waals surface area contributed by atoms with Crippen molar-refractivity contribution in [3.8, 4) is 0 Å². The van der Waals surface area contributed by atoms with Gasteiger partial charge in [-0.05, 0) is 19.8 Å². The minimum Gasteiger partial charge on any atom is -0.748 e. The van der Waals surface area contributed by atoms with E-state index < -0.39 is 21.8 Å². The van der Waals surface area contributed by atoms with Crippen molar-refractivity contribution in [3.05, 3.63) is 0 Å². The monoisotopic (exact) mass is 262 g/mol. The number of carbonyl (C=O) groups is 1. The average Bonchev–Trinajstić information content (AvgIpc) is 2.01. The number of hydrogen-bond donors (Lipinski definition) is 0. The van der Waals surface area contributed by atoms with E-state index in [-0.39, 0.29) is 70.3 Å². The molecule has 0 bridgehead atoms. The van der Waals surface area contributed by atoms with Crippen LogP contribution in [0.3, 0.4) is 0 Å². The maximum atomic E-state index is 11.0. The van der Waals surface area contributed by atoms with Gasteiger partial charge in [-0.15, -0.1) is 0 Å². The molecule has 1 unspecified atom stereocenters. The molecule has 1 atom stereocenters. The Bertz CT molecular complexity index is 275. The molecular weight excluding hydrogens is 247 g/mol. The van der Waals surface area contributed by atoms with Crippen LogP contribution >= 0.6 is 0 Å². The van der Waals surface area contributed by atoms with E-state index >= 15 is 0 Å². The smallest absolute Gasteiger partial charge is 0.748 e. The van der Waals surface area contributed by atoms with E-state index in [1.807, 2.05) is 6.92 Å². The second-order valence-electron chi connectivity index (χ2n) is 3.07. The zero-order chi connectivity index (χ0) is 11.2. The molecule has 0 aromatic rings. The molecule has 0 aliphatic heterocycles. The van der Waals surface area contributed by atoms with Gasteiger partial charge in [-0.1, -0.05) is 6.92 Å². The second kappa shape index (κ2) is 9.09. The Balaban J connectivity index is 0. The maximum absolute atomic E-state index is 11.0. The first kappa shape index (κ1) is 18.4. The van der Waals surface area contributed by atoms with Crippen molar-refractivity contribution in [2.45, 2.75) is 39.2 Å². The molecular formula is C8H15KO5S. The van der Waals surface area contributed by atoms with Crippen molar-refractivity contribution in [1.82, 2.24) is 0 Å². The van der Waals surface area contributed by atoms with Crippen molar-refractivity contribution in [1.29, 1.82) is 0 Å². The van der Waals surface area contributed by atoms with E-state index in [1.165, 1.54) is 0 Å². The van der Waals surface area contributed by atoms with Gasteiger partial charge in [0.25, 0.3) is 0 Å². The van der Waals surface area contributed by atoms with Crippen LogP contribution in [-0.4, -0.2) is 30.8 Å². The van der Waals surface area contributed by atoms with Gasteiger partial charge in [0.05, 0.1) is 16.2 Å². The average molecular weight is 262 g/mol. The Hall–Kier alpha value is 1.02. The quantitative estimate of drug-likeness (QED) is 0.304. The SMILES string of the molecule is CCC(C)OC(=O)CCCS(=O)(=O)[O-].[K+]. The van der Waals surface area contributed by atoms with Crippen molar-refractivity contribution < 1.29 is 73.9 Å². The Morgan fingerprint density at radius 1 is 1.47 bits per heavy atom. The Morgan fingerprint density at radius 3 is 2.40 bits per heavy atom. The first-order valence-electron chi connectivity index (χ1n) is 4.48. The van der Waals surface area contributed by atoms with Gasteiger partial charge in [0.15, 0.2) is 0 Å². The van der Waals surface area contributed by atoms with Gasteiger partial charge in [0.1, 0.15) is 0 Å². The largest absolute Gasteiger partial charge is 1.00 e. The number of hydrogen-bond acceptors (Lipinski definition) is 5. The van der Waals surface area contributed by atoms with E-state index in [1.54, 1.807) is 6.92 Å². The Kier molecular flexibility index (Phi) is 11.1. The van der Waals surface area contributed by atoms with Gasteiger partial charge in [0.2, 0.25) is 0 Å². The predicted octanol–water partition coefficient (Wildman–Crippen LogP) is -2.34. The van der Waals surface area contributed by atoms with Gasteiger partial charge >= 0.3 is 57.4 Å². The molecule has 0 aliphatic carbocycles. The summed E-state index contributed by atoms with van der Waals surface area (Å²) >= 11 is 0. The molecule has 0 spiro atoms. The van der Waals surface area contributed by atoms with E-state index in [0.29, 0.717) is 6.42 Å². The summed E-state index contributed by atoms with van der Waals surface area (Å²) in [6, 6.07) is 0. The first-order chi connectivity index (χ1) is 6.35. The summed E-state index contributed by atoms with van der Waals surface area (Å²) in [5.41, 5.74) is 0. The molecule has 0 saturated carbocycles. The van der Waals surface area contributed by atoms with Gasteiger partial charge in [-0.25, -0.2) is 8.42 Å². The van der Waals surface area contributed by atoms with Crippen LogP contribution < -0.4 is 51.4 Å². The van der Waals surface area contributed by atoms with Crippen molar-refractivity contribution in [2.75, 3.05) is 5.75 Å². The molecule has 5 nitrogen and oxygen atoms in total. The third kappa shape index (κ3) is 13.0. The van der Waals surface area contributed by atoms with Crippen LogP contribution in [0.4, 0.5) is 0 Å². The molecule has 84 valence electrons. The fraction of sp³-hybridized carbons (Fsp3) is 0.875. The molecule has 0 amide bonds. The Labute approximate surface area is 133 Å². The number of ether oxygens (including phenoxy) is 1. The van der Waals surface area contributed by atoms with Crippen LogP contribution in [0.5, 0.6) is 0 Å². The molecule has 0 fully saturated rings. The molecule has 0 heterocycles. The summed E-state index contributed by atoms with van der Waals surface area (Å²) in [5.74, 6) is -0.967. The maximum Gasteiger partial charge on any atom is 1.00 e. The zero-order valence-electron chi connectivity index (χ0n) is 9.36. The molecule has 7 heteroatoms. The molecule has 0 rings (SSSR count). The van der Waals surface area contributed by atoms with Gasteiger partial charge in [-0.2, -0.15) is 0 Å². The van der Waals surface area contributed by atoms with Crippen molar-refractivity contribution in [3.63, 3.8) is 0 Å². The summed E-state index contributed by atoms with van der Waals surface area (Å²) in [5, 5.41) is 0. The van der Waals surface area contributed by atoms with E-state index in [4.69, 9.17) is 4.74 Å². The molecule has 0 N–H and O–H groups in total. The zero-order valence-corrected chi connectivity index (χ0v) is 13.3. The first-order valence-corrected chi connectivity index (χ1v) is 6.06. The molecule has 0 radical (unpaired) electrons. The van der Waals surface area contributed by atoms with Crippen LogP contribution in [0.15, 0.2) is 0 Å². The predicted molar refractivity (Wildman–Crippen MR) is 49.6 cm³/mol. The molecule has 0 aliphatic rings. The number of carbonyl (C=O) groups excluding carboxylic acids is 1. The van der Waals surface area contributed by atoms with E-state index in [9.17, 15) is 17.8 Å². The number of rotatable bonds is 6. The summed E-state index contributed by atoms with van der Waals surface area (Å²) in [7, 11) is -4.21. The molecule has 0 aromatic carbocycles. The minimum absolute atomic E-state index is 0. The molecule has 0 saturated heterocycles. The number of esters is 1. The third-order valence-corrected chi connectivity index (χ3v) is 2.47. The second-order valence-corrected chi connectivity index (χ2v) is 4.60. The topological polar surface area (TPSA) is 83.5 Å². The summed E-state index contributed by atoms with van der Waals surface area (Å²) in [6.45, 7) is 3.63. The Morgan fingerprint density at radius 2 is 2.00 bits per heavy atom. The summed E-state index contributed by atoms with van der Waals surface area (Å²) in [6.07, 6.45) is 0.560. The van der Waals surface area contributed by atoms with Crippen LogP contribution in [-0.2, 0) is 19.6 Å². The molecule has 0 aromatic heterocycles. The van der Waals surface area contributed by atoms with Crippen molar-refractivity contribution in [2.24, 2.45) is 0 Å². The van der Waals surface area contributed by atoms with Crippen LogP contribution in [0, 0.1) is 0 Å². The van der Waals surface area contributed by atoms with Crippen LogP contribution in [0.1, 0.15) is 33.1 Å². The minimum atomic E-state index is -4.21. The normalized spacial score (nSPS) is 12.7. The molecule has 15 heavy (non-hydrogen) atoms. The van der Waals surface area contributed by atoms with Crippen molar-refractivity contribution >= 4 is 16.1 Å². The van der Waals surface area contributed by atoms with Gasteiger partial charge in [0, 0.05) is 12.2 Å². The van der Waals surface area contributed by atoms with Gasteiger partial charge < -0.3 is 9.29 Å².